The average molecular weight is 328 g/mol. The average Bonchev–Trinajstić information content (AvgIpc) is 2.32. The van der Waals surface area contributed by atoms with Crippen molar-refractivity contribution >= 4 is 44.9 Å². The van der Waals surface area contributed by atoms with E-state index in [2.05, 4.69) is 31.2 Å². The summed E-state index contributed by atoms with van der Waals surface area (Å²) >= 11 is 8.95. The Morgan fingerprint density at radius 3 is 2.78 bits per heavy atom. The van der Waals surface area contributed by atoms with E-state index in [1.165, 1.54) is 12.4 Å². The number of nitrogens with two attached hydrogens (primary N) is 1. The lowest BCUT2D eigenvalue weighted by atomic mass is 10.2. The fourth-order valence-corrected chi connectivity index (χ4v) is 1.67. The van der Waals surface area contributed by atoms with Gasteiger partial charge >= 0.3 is 0 Å². The van der Waals surface area contributed by atoms with Gasteiger partial charge in [0.15, 0.2) is 0 Å². The van der Waals surface area contributed by atoms with Crippen molar-refractivity contribution in [2.75, 3.05) is 11.1 Å². The number of carbonyl (C=O) groups is 1. The lowest BCUT2D eigenvalue weighted by molar-refractivity contribution is 0.102. The second kappa shape index (κ2) is 5.32. The van der Waals surface area contributed by atoms with Crippen LogP contribution in [0.25, 0.3) is 0 Å². The van der Waals surface area contributed by atoms with Crippen LogP contribution in [0, 0.1) is 0 Å². The number of anilines is 2. The molecule has 7 heteroatoms. The van der Waals surface area contributed by atoms with Crippen LogP contribution in [-0.4, -0.2) is 15.9 Å². The van der Waals surface area contributed by atoms with Crippen LogP contribution >= 0.6 is 27.5 Å². The van der Waals surface area contributed by atoms with Crippen molar-refractivity contribution in [3.63, 3.8) is 0 Å². The minimum Gasteiger partial charge on any atom is -0.398 e. The first-order chi connectivity index (χ1) is 8.56. The zero-order chi connectivity index (χ0) is 13.1. The van der Waals surface area contributed by atoms with E-state index in [-0.39, 0.29) is 11.1 Å². The second-order valence-corrected chi connectivity index (χ2v) is 4.66. The molecule has 0 saturated carbocycles. The van der Waals surface area contributed by atoms with Gasteiger partial charge in [0.25, 0.3) is 5.91 Å². The van der Waals surface area contributed by atoms with E-state index in [4.69, 9.17) is 17.3 Å². The Kier molecular flexibility index (Phi) is 3.78. The monoisotopic (exact) mass is 326 g/mol. The number of nitrogens with one attached hydrogen (secondary N) is 1. The van der Waals surface area contributed by atoms with Gasteiger partial charge in [0.05, 0.1) is 0 Å². The molecule has 1 aromatic carbocycles. The molecule has 1 amide bonds. The molecule has 5 nitrogen and oxygen atoms in total. The topological polar surface area (TPSA) is 80.9 Å². The largest absolute Gasteiger partial charge is 0.398 e. The quantitative estimate of drug-likeness (QED) is 0.656. The molecule has 0 saturated heterocycles. The molecule has 92 valence electrons. The number of carbonyl (C=O) groups excluding carboxylic acids is 1. The van der Waals surface area contributed by atoms with Crippen molar-refractivity contribution in [2.24, 2.45) is 0 Å². The number of halogens is 2. The Morgan fingerprint density at radius 2 is 2.11 bits per heavy atom. The lowest BCUT2D eigenvalue weighted by Gasteiger charge is -2.05. The first-order valence-electron chi connectivity index (χ1n) is 4.90. The Hall–Kier alpha value is -1.66. The molecule has 0 radical (unpaired) electrons. The highest BCUT2D eigenvalue weighted by atomic mass is 79.9. The fourth-order valence-electron chi connectivity index (χ4n) is 1.28. The number of nitrogen functional groups attached to an aromatic ring is 1. The van der Waals surface area contributed by atoms with Crippen LogP contribution in [0.5, 0.6) is 0 Å². The molecule has 0 bridgehead atoms. The van der Waals surface area contributed by atoms with E-state index >= 15 is 0 Å². The van der Waals surface area contributed by atoms with E-state index in [0.29, 0.717) is 17.1 Å². The summed E-state index contributed by atoms with van der Waals surface area (Å²) in [6, 6.07) is 6.39. The third-order valence-electron chi connectivity index (χ3n) is 2.13. The Bertz CT molecular complexity index is 605. The Labute approximate surface area is 117 Å². The molecule has 0 unspecified atom stereocenters. The van der Waals surface area contributed by atoms with Crippen LogP contribution in [0.1, 0.15) is 10.4 Å². The van der Waals surface area contributed by atoms with E-state index in [9.17, 15) is 4.79 Å². The molecule has 0 aliphatic carbocycles. The van der Waals surface area contributed by atoms with Gasteiger partial charge in [0.2, 0.25) is 0 Å². The van der Waals surface area contributed by atoms with Gasteiger partial charge in [0, 0.05) is 21.8 Å². The third-order valence-corrected chi connectivity index (χ3v) is 3.06. The lowest BCUT2D eigenvalue weighted by Crippen LogP contribution is -2.13. The zero-order valence-electron chi connectivity index (χ0n) is 9.02. The number of hydrogen-bond acceptors (Lipinski definition) is 4. The summed E-state index contributed by atoms with van der Waals surface area (Å²) in [7, 11) is 0. The molecular formula is C11H8BrClN4O. The highest BCUT2D eigenvalue weighted by molar-refractivity contribution is 9.10. The number of amides is 1. The van der Waals surface area contributed by atoms with Gasteiger partial charge in [-0.25, -0.2) is 9.97 Å². The van der Waals surface area contributed by atoms with E-state index in [1.54, 1.807) is 18.2 Å². The van der Waals surface area contributed by atoms with Crippen LogP contribution in [0.3, 0.4) is 0 Å². The number of rotatable bonds is 2. The number of aromatic nitrogens is 2. The minimum absolute atomic E-state index is 0.260. The summed E-state index contributed by atoms with van der Waals surface area (Å²) in [5, 5.41) is 2.86. The van der Waals surface area contributed by atoms with Crippen LogP contribution < -0.4 is 11.1 Å². The van der Waals surface area contributed by atoms with Gasteiger partial charge in [-0.3, -0.25) is 4.79 Å². The van der Waals surface area contributed by atoms with Crippen LogP contribution in [0.4, 0.5) is 11.5 Å². The molecule has 2 aromatic rings. The minimum atomic E-state index is -0.316. The maximum Gasteiger partial charge on any atom is 0.256 e. The Morgan fingerprint density at radius 1 is 1.33 bits per heavy atom. The normalized spacial score (nSPS) is 10.1. The van der Waals surface area contributed by atoms with Crippen LogP contribution in [-0.2, 0) is 0 Å². The molecule has 0 fully saturated rings. The first-order valence-corrected chi connectivity index (χ1v) is 6.07. The predicted molar refractivity (Wildman–Crippen MR) is 73.5 cm³/mol. The highest BCUT2D eigenvalue weighted by Gasteiger charge is 2.08. The van der Waals surface area contributed by atoms with Crippen molar-refractivity contribution in [1.82, 2.24) is 9.97 Å². The molecule has 0 atom stereocenters. The summed E-state index contributed by atoms with van der Waals surface area (Å²) in [6.45, 7) is 0. The smallest absolute Gasteiger partial charge is 0.256 e. The maximum absolute atomic E-state index is 11.9. The van der Waals surface area contributed by atoms with E-state index < -0.39 is 0 Å². The molecule has 1 heterocycles. The molecule has 1 aromatic heterocycles. The number of benzene rings is 1. The van der Waals surface area contributed by atoms with Crippen molar-refractivity contribution in [1.29, 1.82) is 0 Å². The standard InChI is InChI=1S/C11H8BrClN4O/c12-7-2-1-6(3-8(7)14)11(18)17-10-4-9(13)15-5-16-10/h1-5H,14H2,(H,15,16,17,18). The van der Waals surface area contributed by atoms with Gasteiger partial charge in [0.1, 0.15) is 17.3 Å². The van der Waals surface area contributed by atoms with Crippen molar-refractivity contribution < 1.29 is 4.79 Å². The van der Waals surface area contributed by atoms with Crippen molar-refractivity contribution in [3.05, 3.63) is 45.8 Å². The van der Waals surface area contributed by atoms with Gasteiger partial charge < -0.3 is 11.1 Å². The van der Waals surface area contributed by atoms with Gasteiger partial charge in [-0.05, 0) is 34.1 Å². The molecule has 0 spiro atoms. The summed E-state index contributed by atoms with van der Waals surface area (Å²) in [4.78, 5) is 19.5. The predicted octanol–water partition coefficient (Wildman–Crippen LogP) is 2.73. The highest BCUT2D eigenvalue weighted by Crippen LogP contribution is 2.20. The van der Waals surface area contributed by atoms with Crippen LogP contribution in [0.2, 0.25) is 5.15 Å². The SMILES string of the molecule is Nc1cc(C(=O)Nc2cc(Cl)ncn2)ccc1Br. The summed E-state index contributed by atoms with van der Waals surface area (Å²) < 4.78 is 0.740. The van der Waals surface area contributed by atoms with Gasteiger partial charge in [-0.2, -0.15) is 0 Å². The van der Waals surface area contributed by atoms with E-state index in [1.807, 2.05) is 0 Å². The molecule has 0 aliphatic rings. The van der Waals surface area contributed by atoms with E-state index in [0.717, 1.165) is 4.47 Å². The first kappa shape index (κ1) is 12.8. The molecule has 2 rings (SSSR count). The van der Waals surface area contributed by atoms with Gasteiger partial charge in [-0.1, -0.05) is 11.6 Å². The summed E-state index contributed by atoms with van der Waals surface area (Å²) in [5.74, 6) is 0.0189. The Balaban J connectivity index is 2.19. The summed E-state index contributed by atoms with van der Waals surface area (Å²) in [5.41, 5.74) is 6.63. The number of nitrogens with zero attached hydrogens (tertiary/aromatic N) is 2. The zero-order valence-corrected chi connectivity index (χ0v) is 11.4. The maximum atomic E-state index is 11.9. The molecule has 3 N–H and O–H groups in total. The molecule has 18 heavy (non-hydrogen) atoms. The summed E-state index contributed by atoms with van der Waals surface area (Å²) in [6.07, 6.45) is 1.27. The third kappa shape index (κ3) is 2.96. The van der Waals surface area contributed by atoms with Gasteiger partial charge in [-0.15, -0.1) is 0 Å². The number of hydrogen-bond donors (Lipinski definition) is 2. The van der Waals surface area contributed by atoms with Crippen molar-refractivity contribution in [2.45, 2.75) is 0 Å². The fraction of sp³-hybridized carbons (Fsp3) is 0. The second-order valence-electron chi connectivity index (χ2n) is 3.42. The van der Waals surface area contributed by atoms with Crippen molar-refractivity contribution in [3.8, 4) is 0 Å². The molecule has 0 aliphatic heterocycles. The molecular weight excluding hydrogens is 320 g/mol. The van der Waals surface area contributed by atoms with Crippen LogP contribution in [0.15, 0.2) is 35.1 Å².